The molecule has 94 valence electrons. The van der Waals surface area contributed by atoms with Gasteiger partial charge >= 0.3 is 0 Å². The second-order valence-corrected chi connectivity index (χ2v) is 4.61. The van der Waals surface area contributed by atoms with Gasteiger partial charge in [0.15, 0.2) is 0 Å². The van der Waals surface area contributed by atoms with Crippen molar-refractivity contribution in [2.75, 3.05) is 11.9 Å². The number of rotatable bonds is 3. The Morgan fingerprint density at radius 1 is 1.00 bits per heavy atom. The molecule has 0 heterocycles. The molecule has 0 saturated carbocycles. The van der Waals surface area contributed by atoms with E-state index in [1.54, 1.807) is 0 Å². The highest BCUT2D eigenvalue weighted by Crippen LogP contribution is 2.27. The van der Waals surface area contributed by atoms with Crippen molar-refractivity contribution in [1.29, 1.82) is 0 Å². The van der Waals surface area contributed by atoms with Gasteiger partial charge in [0.2, 0.25) is 0 Å². The third-order valence-electron chi connectivity index (χ3n) is 3.36. The number of para-hydroxylation sites is 1. The lowest BCUT2D eigenvalue weighted by Crippen LogP contribution is -2.11. The number of anilines is 2. The minimum absolute atomic E-state index is 0.0974. The number of hydrogen-bond donors (Lipinski definition) is 1. The normalized spacial score (nSPS) is 10.4. The molecule has 0 aliphatic heterocycles. The van der Waals surface area contributed by atoms with E-state index in [4.69, 9.17) is 0 Å². The SMILES string of the molecule is Cc1cc(N(C)c2ccccc2C)ccc1CO. The predicted octanol–water partition coefficient (Wildman–Crippen LogP) is 3.56. The molecule has 0 radical (unpaired) electrons. The largest absolute Gasteiger partial charge is 0.392 e. The highest BCUT2D eigenvalue weighted by atomic mass is 16.3. The van der Waals surface area contributed by atoms with Crippen molar-refractivity contribution < 1.29 is 5.11 Å². The summed E-state index contributed by atoms with van der Waals surface area (Å²) in [5, 5.41) is 9.20. The van der Waals surface area contributed by atoms with Gasteiger partial charge in [-0.05, 0) is 48.7 Å². The second kappa shape index (κ2) is 5.23. The standard InChI is InChI=1S/C16H19NO/c1-12-6-4-5-7-16(12)17(3)15-9-8-14(11-18)13(2)10-15/h4-10,18H,11H2,1-3H3. The van der Waals surface area contributed by atoms with Gasteiger partial charge in [0, 0.05) is 18.4 Å². The fourth-order valence-electron chi connectivity index (χ4n) is 2.14. The Balaban J connectivity index is 2.37. The zero-order valence-corrected chi connectivity index (χ0v) is 11.1. The molecule has 18 heavy (non-hydrogen) atoms. The van der Waals surface area contributed by atoms with Crippen LogP contribution in [-0.2, 0) is 6.61 Å². The highest BCUT2D eigenvalue weighted by molar-refractivity contribution is 5.66. The van der Waals surface area contributed by atoms with Gasteiger partial charge in [0.1, 0.15) is 0 Å². The Morgan fingerprint density at radius 3 is 2.33 bits per heavy atom. The van der Waals surface area contributed by atoms with Crippen LogP contribution in [0.1, 0.15) is 16.7 Å². The molecular weight excluding hydrogens is 222 g/mol. The number of aryl methyl sites for hydroxylation is 2. The predicted molar refractivity (Wildman–Crippen MR) is 76.3 cm³/mol. The number of hydrogen-bond acceptors (Lipinski definition) is 2. The minimum atomic E-state index is 0.0974. The lowest BCUT2D eigenvalue weighted by molar-refractivity contribution is 0.281. The van der Waals surface area contributed by atoms with Crippen LogP contribution in [0.3, 0.4) is 0 Å². The van der Waals surface area contributed by atoms with E-state index in [2.05, 4.69) is 37.1 Å². The first-order valence-electron chi connectivity index (χ1n) is 6.13. The number of nitrogens with zero attached hydrogens (tertiary/aromatic N) is 1. The van der Waals surface area contributed by atoms with Gasteiger partial charge in [-0.25, -0.2) is 0 Å². The summed E-state index contributed by atoms with van der Waals surface area (Å²) in [4.78, 5) is 2.17. The molecule has 0 fully saturated rings. The molecule has 0 unspecified atom stereocenters. The van der Waals surface area contributed by atoms with Gasteiger partial charge in [0.05, 0.1) is 6.61 Å². The Hall–Kier alpha value is -1.80. The van der Waals surface area contributed by atoms with Crippen LogP contribution in [0.25, 0.3) is 0 Å². The van der Waals surface area contributed by atoms with Crippen molar-refractivity contribution in [3.63, 3.8) is 0 Å². The second-order valence-electron chi connectivity index (χ2n) is 4.61. The van der Waals surface area contributed by atoms with E-state index in [0.717, 1.165) is 16.8 Å². The molecule has 2 nitrogen and oxygen atoms in total. The van der Waals surface area contributed by atoms with Crippen LogP contribution in [0.2, 0.25) is 0 Å². The highest BCUT2D eigenvalue weighted by Gasteiger charge is 2.07. The smallest absolute Gasteiger partial charge is 0.0684 e. The molecule has 2 aromatic rings. The van der Waals surface area contributed by atoms with E-state index in [1.807, 2.05) is 31.2 Å². The van der Waals surface area contributed by atoms with E-state index in [9.17, 15) is 5.11 Å². The third kappa shape index (κ3) is 2.39. The third-order valence-corrected chi connectivity index (χ3v) is 3.36. The van der Waals surface area contributed by atoms with E-state index >= 15 is 0 Å². The Labute approximate surface area is 109 Å². The zero-order valence-electron chi connectivity index (χ0n) is 11.1. The first kappa shape index (κ1) is 12.7. The van der Waals surface area contributed by atoms with Crippen molar-refractivity contribution in [3.8, 4) is 0 Å². The van der Waals surface area contributed by atoms with Gasteiger partial charge in [0.25, 0.3) is 0 Å². The summed E-state index contributed by atoms with van der Waals surface area (Å²) in [6.07, 6.45) is 0. The fourth-order valence-corrected chi connectivity index (χ4v) is 2.14. The fraction of sp³-hybridized carbons (Fsp3) is 0.250. The Kier molecular flexibility index (Phi) is 3.68. The van der Waals surface area contributed by atoms with Crippen LogP contribution in [0, 0.1) is 13.8 Å². The molecule has 0 aliphatic rings. The molecule has 0 aliphatic carbocycles. The quantitative estimate of drug-likeness (QED) is 0.888. The Bertz CT molecular complexity index is 549. The number of benzene rings is 2. The summed E-state index contributed by atoms with van der Waals surface area (Å²) in [6, 6.07) is 14.5. The topological polar surface area (TPSA) is 23.5 Å². The average molecular weight is 241 g/mol. The summed E-state index contributed by atoms with van der Waals surface area (Å²) in [5.74, 6) is 0. The zero-order chi connectivity index (χ0) is 13.1. The van der Waals surface area contributed by atoms with Crippen molar-refractivity contribution in [2.45, 2.75) is 20.5 Å². The maximum Gasteiger partial charge on any atom is 0.0684 e. The molecular formula is C16H19NO. The van der Waals surface area contributed by atoms with Crippen LogP contribution in [0.4, 0.5) is 11.4 Å². The monoisotopic (exact) mass is 241 g/mol. The van der Waals surface area contributed by atoms with E-state index < -0.39 is 0 Å². The van der Waals surface area contributed by atoms with Crippen LogP contribution in [0.15, 0.2) is 42.5 Å². The van der Waals surface area contributed by atoms with Crippen LogP contribution < -0.4 is 4.90 Å². The molecule has 0 atom stereocenters. The summed E-state index contributed by atoms with van der Waals surface area (Å²) in [5.41, 5.74) is 5.70. The van der Waals surface area contributed by atoms with Crippen molar-refractivity contribution >= 4 is 11.4 Å². The molecule has 0 spiro atoms. The maximum atomic E-state index is 9.20. The molecule has 0 bridgehead atoms. The van der Waals surface area contributed by atoms with Gasteiger partial charge in [-0.1, -0.05) is 24.3 Å². The van der Waals surface area contributed by atoms with Gasteiger partial charge in [-0.2, -0.15) is 0 Å². The maximum absolute atomic E-state index is 9.20. The van der Waals surface area contributed by atoms with Crippen molar-refractivity contribution in [2.24, 2.45) is 0 Å². The summed E-state index contributed by atoms with van der Waals surface area (Å²) in [6.45, 7) is 4.24. The summed E-state index contributed by atoms with van der Waals surface area (Å²) >= 11 is 0. The number of aliphatic hydroxyl groups is 1. The van der Waals surface area contributed by atoms with E-state index in [0.29, 0.717) is 0 Å². The molecule has 0 aromatic heterocycles. The van der Waals surface area contributed by atoms with E-state index in [1.165, 1.54) is 11.3 Å². The summed E-state index contributed by atoms with van der Waals surface area (Å²) in [7, 11) is 2.07. The van der Waals surface area contributed by atoms with Crippen LogP contribution >= 0.6 is 0 Å². The summed E-state index contributed by atoms with van der Waals surface area (Å²) < 4.78 is 0. The number of aliphatic hydroxyl groups excluding tert-OH is 1. The van der Waals surface area contributed by atoms with Gasteiger partial charge in [-0.15, -0.1) is 0 Å². The lowest BCUT2D eigenvalue weighted by Gasteiger charge is -2.22. The molecule has 2 heteroatoms. The minimum Gasteiger partial charge on any atom is -0.392 e. The molecule has 2 aromatic carbocycles. The van der Waals surface area contributed by atoms with E-state index in [-0.39, 0.29) is 6.61 Å². The lowest BCUT2D eigenvalue weighted by atomic mass is 10.1. The van der Waals surface area contributed by atoms with Gasteiger partial charge in [-0.3, -0.25) is 0 Å². The molecule has 2 rings (SSSR count). The Morgan fingerprint density at radius 2 is 1.72 bits per heavy atom. The first-order chi connectivity index (χ1) is 8.63. The molecule has 0 amide bonds. The van der Waals surface area contributed by atoms with Gasteiger partial charge < -0.3 is 10.0 Å². The first-order valence-corrected chi connectivity index (χ1v) is 6.13. The average Bonchev–Trinajstić information content (AvgIpc) is 2.38. The molecule has 0 saturated heterocycles. The van der Waals surface area contributed by atoms with Crippen LogP contribution in [0.5, 0.6) is 0 Å². The van der Waals surface area contributed by atoms with Crippen molar-refractivity contribution in [1.82, 2.24) is 0 Å². The molecule has 1 N–H and O–H groups in total. The van der Waals surface area contributed by atoms with Crippen LogP contribution in [-0.4, -0.2) is 12.2 Å². The van der Waals surface area contributed by atoms with Crippen molar-refractivity contribution in [3.05, 3.63) is 59.2 Å².